The topological polar surface area (TPSA) is 76.1 Å². The maximum atomic E-state index is 12.1. The average molecular weight is 383 g/mol. The highest BCUT2D eigenvalue weighted by molar-refractivity contribution is 5.86. The first-order chi connectivity index (χ1) is 13.6. The summed E-state index contributed by atoms with van der Waals surface area (Å²) in [6.45, 7) is 1.11. The fourth-order valence-electron chi connectivity index (χ4n) is 3.33. The predicted molar refractivity (Wildman–Crippen MR) is 104 cm³/mol. The number of likely N-dealkylation sites (tertiary alicyclic amines) is 1. The summed E-state index contributed by atoms with van der Waals surface area (Å²) in [5.74, 6) is -0.362. The van der Waals surface area contributed by atoms with Gasteiger partial charge in [0.05, 0.1) is 19.6 Å². The Labute approximate surface area is 164 Å². The van der Waals surface area contributed by atoms with Crippen molar-refractivity contribution in [2.45, 2.75) is 25.8 Å². The van der Waals surface area contributed by atoms with Gasteiger partial charge in [-0.1, -0.05) is 30.3 Å². The molecule has 0 aromatic heterocycles. The molecule has 1 aliphatic heterocycles. The molecular formula is C22H25NO5. The molecule has 2 aromatic carbocycles. The van der Waals surface area contributed by atoms with E-state index in [1.54, 1.807) is 12.0 Å². The Morgan fingerprint density at radius 3 is 2.68 bits per heavy atom. The molecular weight excluding hydrogens is 358 g/mol. The van der Waals surface area contributed by atoms with Gasteiger partial charge < -0.3 is 19.5 Å². The molecule has 0 saturated carbocycles. The number of rotatable bonds is 9. The lowest BCUT2D eigenvalue weighted by atomic mass is 10.1. The number of carboxylic acids is 1. The number of carboxylic acid groups (broad SMARTS) is 1. The highest BCUT2D eigenvalue weighted by Crippen LogP contribution is 2.29. The van der Waals surface area contributed by atoms with E-state index in [1.165, 1.54) is 5.56 Å². The van der Waals surface area contributed by atoms with Gasteiger partial charge >= 0.3 is 5.97 Å². The molecule has 0 radical (unpaired) electrons. The molecule has 2 aromatic rings. The van der Waals surface area contributed by atoms with Crippen molar-refractivity contribution in [3.8, 4) is 11.5 Å². The zero-order chi connectivity index (χ0) is 19.9. The number of aryl methyl sites for hydroxylation is 1. The minimum atomic E-state index is -0.928. The van der Waals surface area contributed by atoms with Crippen LogP contribution >= 0.6 is 0 Å². The van der Waals surface area contributed by atoms with Crippen molar-refractivity contribution in [2.75, 3.05) is 20.3 Å². The second-order valence-corrected chi connectivity index (χ2v) is 6.92. The number of aliphatic carboxylic acids is 1. The van der Waals surface area contributed by atoms with Crippen molar-refractivity contribution >= 4 is 11.9 Å². The number of amides is 1. The second kappa shape index (κ2) is 9.26. The first kappa shape index (κ1) is 19.7. The fraction of sp³-hybridized carbons (Fsp3) is 0.364. The molecule has 1 aliphatic rings. The Balaban J connectivity index is 1.63. The van der Waals surface area contributed by atoms with Gasteiger partial charge in [-0.2, -0.15) is 0 Å². The summed E-state index contributed by atoms with van der Waals surface area (Å²) >= 11 is 0. The van der Waals surface area contributed by atoms with Gasteiger partial charge in [0, 0.05) is 31.1 Å². The van der Waals surface area contributed by atoms with Gasteiger partial charge in [-0.3, -0.25) is 9.59 Å². The van der Waals surface area contributed by atoms with Crippen molar-refractivity contribution in [3.05, 3.63) is 59.7 Å². The lowest BCUT2D eigenvalue weighted by Gasteiger charge is -2.19. The van der Waals surface area contributed by atoms with Gasteiger partial charge in [0.2, 0.25) is 5.91 Å². The monoisotopic (exact) mass is 383 g/mol. The van der Waals surface area contributed by atoms with Gasteiger partial charge in [-0.05, 0) is 30.5 Å². The van der Waals surface area contributed by atoms with Crippen molar-refractivity contribution in [3.63, 3.8) is 0 Å². The standard InChI is InChI=1S/C22H25NO5/c1-27-19-10-9-17(14-23-15-18(22(25)26)12-21(23)24)20(13-19)28-11-5-8-16-6-3-2-4-7-16/h2-4,6-7,9-10,13,18H,5,8,11-12,14-15H2,1H3,(H,25,26). The van der Waals surface area contributed by atoms with Gasteiger partial charge in [0.15, 0.2) is 0 Å². The van der Waals surface area contributed by atoms with Gasteiger partial charge in [-0.15, -0.1) is 0 Å². The number of hydrogen-bond donors (Lipinski definition) is 1. The van der Waals surface area contributed by atoms with Crippen molar-refractivity contribution in [2.24, 2.45) is 5.92 Å². The normalized spacial score (nSPS) is 16.2. The molecule has 148 valence electrons. The van der Waals surface area contributed by atoms with Crippen LogP contribution in [0.3, 0.4) is 0 Å². The number of nitrogens with zero attached hydrogens (tertiary/aromatic N) is 1. The van der Waals surface area contributed by atoms with Crippen molar-refractivity contribution in [1.82, 2.24) is 4.90 Å². The molecule has 1 N–H and O–H groups in total. The number of hydrogen-bond acceptors (Lipinski definition) is 4. The highest BCUT2D eigenvalue weighted by atomic mass is 16.5. The maximum absolute atomic E-state index is 12.1. The SMILES string of the molecule is COc1ccc(CN2CC(C(=O)O)CC2=O)c(OCCCc2ccccc2)c1. The molecule has 0 spiro atoms. The predicted octanol–water partition coefficient (Wildman–Crippen LogP) is 3.14. The van der Waals surface area contributed by atoms with E-state index < -0.39 is 11.9 Å². The summed E-state index contributed by atoms with van der Waals surface area (Å²) in [7, 11) is 1.59. The molecule has 1 amide bonds. The Morgan fingerprint density at radius 2 is 2.00 bits per heavy atom. The van der Waals surface area contributed by atoms with E-state index in [4.69, 9.17) is 14.6 Å². The Kier molecular flexibility index (Phi) is 6.53. The number of carbonyl (C=O) groups is 2. The molecule has 1 atom stereocenters. The molecule has 0 aliphatic carbocycles. The van der Waals surface area contributed by atoms with Crippen LogP contribution in [-0.2, 0) is 22.6 Å². The molecule has 1 saturated heterocycles. The van der Waals surface area contributed by atoms with Crippen LogP contribution in [-0.4, -0.2) is 42.1 Å². The molecule has 28 heavy (non-hydrogen) atoms. The number of ether oxygens (including phenoxy) is 2. The van der Waals surface area contributed by atoms with Gasteiger partial charge in [0.1, 0.15) is 11.5 Å². The van der Waals surface area contributed by atoms with Crippen LogP contribution in [0.1, 0.15) is 24.0 Å². The number of methoxy groups -OCH3 is 1. The molecule has 1 fully saturated rings. The van der Waals surface area contributed by atoms with E-state index in [0.29, 0.717) is 24.7 Å². The van der Waals surface area contributed by atoms with E-state index in [-0.39, 0.29) is 18.9 Å². The largest absolute Gasteiger partial charge is 0.497 e. The number of benzene rings is 2. The molecule has 6 nitrogen and oxygen atoms in total. The van der Waals surface area contributed by atoms with E-state index in [0.717, 1.165) is 18.4 Å². The third kappa shape index (κ3) is 5.03. The van der Waals surface area contributed by atoms with Crippen molar-refractivity contribution in [1.29, 1.82) is 0 Å². The first-order valence-electron chi connectivity index (χ1n) is 9.41. The maximum Gasteiger partial charge on any atom is 0.308 e. The summed E-state index contributed by atoms with van der Waals surface area (Å²) in [6, 6.07) is 15.7. The number of carbonyl (C=O) groups excluding carboxylic acids is 1. The Morgan fingerprint density at radius 1 is 1.21 bits per heavy atom. The first-order valence-corrected chi connectivity index (χ1v) is 9.41. The Hall–Kier alpha value is -3.02. The smallest absolute Gasteiger partial charge is 0.308 e. The van der Waals surface area contributed by atoms with E-state index in [1.807, 2.05) is 36.4 Å². The van der Waals surface area contributed by atoms with Gasteiger partial charge in [0.25, 0.3) is 0 Å². The summed E-state index contributed by atoms with van der Waals surface area (Å²) in [5.41, 5.74) is 2.11. The minimum Gasteiger partial charge on any atom is -0.497 e. The lowest BCUT2D eigenvalue weighted by Crippen LogP contribution is -2.26. The summed E-state index contributed by atoms with van der Waals surface area (Å²) in [4.78, 5) is 24.9. The third-order valence-electron chi connectivity index (χ3n) is 4.91. The zero-order valence-electron chi connectivity index (χ0n) is 16.0. The van der Waals surface area contributed by atoms with E-state index >= 15 is 0 Å². The van der Waals surface area contributed by atoms with E-state index in [9.17, 15) is 9.59 Å². The molecule has 0 bridgehead atoms. The quantitative estimate of drug-likeness (QED) is 0.673. The van der Waals surface area contributed by atoms with Crippen LogP contribution in [0.4, 0.5) is 0 Å². The highest BCUT2D eigenvalue weighted by Gasteiger charge is 2.34. The van der Waals surface area contributed by atoms with Crippen LogP contribution in [0.2, 0.25) is 0 Å². The third-order valence-corrected chi connectivity index (χ3v) is 4.91. The summed E-state index contributed by atoms with van der Waals surface area (Å²) < 4.78 is 11.3. The Bertz CT molecular complexity index is 821. The van der Waals surface area contributed by atoms with Crippen LogP contribution in [0.25, 0.3) is 0 Å². The van der Waals surface area contributed by atoms with E-state index in [2.05, 4.69) is 12.1 Å². The van der Waals surface area contributed by atoms with Gasteiger partial charge in [-0.25, -0.2) is 0 Å². The lowest BCUT2D eigenvalue weighted by molar-refractivity contribution is -0.141. The zero-order valence-corrected chi connectivity index (χ0v) is 16.0. The van der Waals surface area contributed by atoms with Crippen molar-refractivity contribution < 1.29 is 24.2 Å². The molecule has 1 heterocycles. The molecule has 1 unspecified atom stereocenters. The minimum absolute atomic E-state index is 0.0543. The molecule has 6 heteroatoms. The second-order valence-electron chi connectivity index (χ2n) is 6.92. The average Bonchev–Trinajstić information content (AvgIpc) is 3.08. The van der Waals surface area contributed by atoms with Crippen LogP contribution < -0.4 is 9.47 Å². The fourth-order valence-corrected chi connectivity index (χ4v) is 3.33. The van der Waals surface area contributed by atoms with Crippen LogP contribution in [0, 0.1) is 5.92 Å². The molecule has 3 rings (SSSR count). The van der Waals surface area contributed by atoms with Crippen LogP contribution in [0.15, 0.2) is 48.5 Å². The summed E-state index contributed by atoms with van der Waals surface area (Å²) in [6.07, 6.45) is 1.84. The summed E-state index contributed by atoms with van der Waals surface area (Å²) in [5, 5.41) is 9.15. The van der Waals surface area contributed by atoms with Crippen LogP contribution in [0.5, 0.6) is 11.5 Å².